The third-order valence-corrected chi connectivity index (χ3v) is 5.47. The second-order valence-corrected chi connectivity index (χ2v) is 6.51. The van der Waals surface area contributed by atoms with Crippen LogP contribution in [0.4, 0.5) is 0 Å². The summed E-state index contributed by atoms with van der Waals surface area (Å²) in [6, 6.07) is 0. The summed E-state index contributed by atoms with van der Waals surface area (Å²) in [5.41, 5.74) is 0.168. The molecule has 94 valence electrons. The normalized spacial score (nSPS) is 36.0. The van der Waals surface area contributed by atoms with Crippen molar-refractivity contribution in [2.75, 3.05) is 11.9 Å². The zero-order chi connectivity index (χ0) is 11.4. The number of ether oxygens (including phenoxy) is 1. The second-order valence-electron chi connectivity index (χ2n) is 5.95. The van der Waals surface area contributed by atoms with Gasteiger partial charge in [0.25, 0.3) is 0 Å². The van der Waals surface area contributed by atoms with Crippen molar-refractivity contribution in [1.29, 1.82) is 0 Å². The lowest BCUT2D eigenvalue weighted by Crippen LogP contribution is -2.40. The Morgan fingerprint density at radius 2 is 2.06 bits per heavy atom. The van der Waals surface area contributed by atoms with Crippen molar-refractivity contribution in [3.8, 4) is 0 Å². The fourth-order valence-corrected chi connectivity index (χ4v) is 3.80. The molecule has 0 aromatic heterocycles. The van der Waals surface area contributed by atoms with Crippen LogP contribution >= 0.6 is 15.9 Å². The summed E-state index contributed by atoms with van der Waals surface area (Å²) < 4.78 is 6.25. The van der Waals surface area contributed by atoms with Gasteiger partial charge >= 0.3 is 0 Å². The molecule has 2 aliphatic carbocycles. The van der Waals surface area contributed by atoms with E-state index >= 15 is 0 Å². The molecule has 0 aliphatic heterocycles. The van der Waals surface area contributed by atoms with Crippen molar-refractivity contribution in [1.82, 2.24) is 0 Å². The Kier molecular flexibility index (Phi) is 4.72. The van der Waals surface area contributed by atoms with Gasteiger partial charge in [-0.25, -0.2) is 0 Å². The molecule has 16 heavy (non-hydrogen) atoms. The van der Waals surface area contributed by atoms with E-state index in [9.17, 15) is 0 Å². The zero-order valence-electron chi connectivity index (χ0n) is 10.5. The lowest BCUT2D eigenvalue weighted by atomic mass is 9.79. The first-order valence-electron chi connectivity index (χ1n) is 6.94. The van der Waals surface area contributed by atoms with Crippen LogP contribution in [-0.4, -0.2) is 17.5 Å². The van der Waals surface area contributed by atoms with Crippen molar-refractivity contribution < 1.29 is 4.74 Å². The van der Waals surface area contributed by atoms with E-state index in [1.807, 2.05) is 0 Å². The molecule has 0 N–H and O–H groups in total. The second kappa shape index (κ2) is 5.86. The SMILES string of the molecule is CC1CCCC(CBr)(OCCC2CCC2)C1. The number of hydrogen-bond acceptors (Lipinski definition) is 1. The summed E-state index contributed by atoms with van der Waals surface area (Å²) in [6.07, 6.45) is 10.9. The molecular weight excluding hydrogens is 264 g/mol. The van der Waals surface area contributed by atoms with Crippen LogP contribution in [0.3, 0.4) is 0 Å². The molecular formula is C14H25BrO. The molecule has 2 aliphatic rings. The maximum absolute atomic E-state index is 6.25. The van der Waals surface area contributed by atoms with Gasteiger partial charge in [0.1, 0.15) is 0 Å². The van der Waals surface area contributed by atoms with Crippen LogP contribution in [0.1, 0.15) is 58.3 Å². The third kappa shape index (κ3) is 3.22. The molecule has 2 rings (SSSR count). The van der Waals surface area contributed by atoms with E-state index in [2.05, 4.69) is 22.9 Å². The summed E-state index contributed by atoms with van der Waals surface area (Å²) in [4.78, 5) is 0. The molecule has 2 heteroatoms. The smallest absolute Gasteiger partial charge is 0.0781 e. The van der Waals surface area contributed by atoms with Gasteiger partial charge in [-0.2, -0.15) is 0 Å². The highest BCUT2D eigenvalue weighted by Gasteiger charge is 2.35. The maximum atomic E-state index is 6.25. The van der Waals surface area contributed by atoms with Gasteiger partial charge in [0.05, 0.1) is 5.60 Å². The molecule has 0 bridgehead atoms. The molecule has 0 aromatic carbocycles. The zero-order valence-corrected chi connectivity index (χ0v) is 12.1. The van der Waals surface area contributed by atoms with E-state index < -0.39 is 0 Å². The number of halogens is 1. The Labute approximate surface area is 108 Å². The van der Waals surface area contributed by atoms with Crippen LogP contribution in [0, 0.1) is 11.8 Å². The van der Waals surface area contributed by atoms with E-state index in [1.54, 1.807) is 0 Å². The first kappa shape index (κ1) is 12.9. The average molecular weight is 289 g/mol. The predicted molar refractivity (Wildman–Crippen MR) is 72.1 cm³/mol. The van der Waals surface area contributed by atoms with Crippen LogP contribution < -0.4 is 0 Å². The summed E-state index contributed by atoms with van der Waals surface area (Å²) in [6.45, 7) is 3.36. The van der Waals surface area contributed by atoms with Gasteiger partial charge in [-0.3, -0.25) is 0 Å². The number of rotatable bonds is 5. The first-order valence-corrected chi connectivity index (χ1v) is 8.06. The van der Waals surface area contributed by atoms with Gasteiger partial charge in [-0.05, 0) is 31.1 Å². The highest BCUT2D eigenvalue weighted by atomic mass is 79.9. The van der Waals surface area contributed by atoms with Crippen molar-refractivity contribution >= 4 is 15.9 Å². The quantitative estimate of drug-likeness (QED) is 0.675. The van der Waals surface area contributed by atoms with Gasteiger partial charge in [-0.1, -0.05) is 55.0 Å². The van der Waals surface area contributed by atoms with Gasteiger partial charge in [0, 0.05) is 11.9 Å². The van der Waals surface area contributed by atoms with Crippen molar-refractivity contribution in [2.24, 2.45) is 11.8 Å². The summed E-state index contributed by atoms with van der Waals surface area (Å²) >= 11 is 3.67. The monoisotopic (exact) mass is 288 g/mol. The van der Waals surface area contributed by atoms with Gasteiger partial charge in [0.2, 0.25) is 0 Å². The van der Waals surface area contributed by atoms with E-state index in [-0.39, 0.29) is 5.60 Å². The van der Waals surface area contributed by atoms with Crippen molar-refractivity contribution in [3.63, 3.8) is 0 Å². The highest BCUT2D eigenvalue weighted by Crippen LogP contribution is 2.37. The first-order chi connectivity index (χ1) is 7.74. The highest BCUT2D eigenvalue weighted by molar-refractivity contribution is 9.09. The summed E-state index contributed by atoms with van der Waals surface area (Å²) in [7, 11) is 0. The minimum Gasteiger partial charge on any atom is -0.374 e. The Balaban J connectivity index is 1.74. The average Bonchev–Trinajstić information content (AvgIpc) is 2.22. The van der Waals surface area contributed by atoms with Crippen LogP contribution in [0.2, 0.25) is 0 Å². The molecule has 0 saturated heterocycles. The van der Waals surface area contributed by atoms with E-state index in [0.29, 0.717) is 0 Å². The predicted octanol–water partition coefficient (Wildman–Crippen LogP) is 4.54. The molecule has 2 fully saturated rings. The third-order valence-electron chi connectivity index (χ3n) is 4.45. The lowest BCUT2D eigenvalue weighted by molar-refractivity contribution is -0.0691. The molecule has 0 amide bonds. The van der Waals surface area contributed by atoms with Crippen molar-refractivity contribution in [2.45, 2.75) is 63.9 Å². The van der Waals surface area contributed by atoms with Gasteiger partial charge in [-0.15, -0.1) is 0 Å². The fraction of sp³-hybridized carbons (Fsp3) is 1.00. The molecule has 2 atom stereocenters. The Morgan fingerprint density at radius 1 is 1.25 bits per heavy atom. The minimum atomic E-state index is 0.168. The molecule has 0 spiro atoms. The topological polar surface area (TPSA) is 9.23 Å². The summed E-state index contributed by atoms with van der Waals surface area (Å²) in [5, 5.41) is 1.02. The summed E-state index contributed by atoms with van der Waals surface area (Å²) in [5.74, 6) is 1.82. The molecule has 0 aromatic rings. The van der Waals surface area contributed by atoms with Crippen LogP contribution in [0.15, 0.2) is 0 Å². The molecule has 0 radical (unpaired) electrons. The van der Waals surface area contributed by atoms with E-state index in [1.165, 1.54) is 51.4 Å². The molecule has 0 heterocycles. The van der Waals surface area contributed by atoms with E-state index in [0.717, 1.165) is 23.8 Å². The lowest BCUT2D eigenvalue weighted by Gasteiger charge is -2.39. The number of hydrogen-bond donors (Lipinski definition) is 0. The fourth-order valence-electron chi connectivity index (χ4n) is 3.13. The number of alkyl halides is 1. The minimum absolute atomic E-state index is 0.168. The van der Waals surface area contributed by atoms with Crippen LogP contribution in [0.25, 0.3) is 0 Å². The Morgan fingerprint density at radius 3 is 2.62 bits per heavy atom. The van der Waals surface area contributed by atoms with Gasteiger partial charge < -0.3 is 4.74 Å². The molecule has 1 nitrogen and oxygen atoms in total. The van der Waals surface area contributed by atoms with Crippen LogP contribution in [0.5, 0.6) is 0 Å². The maximum Gasteiger partial charge on any atom is 0.0781 e. The van der Waals surface area contributed by atoms with Gasteiger partial charge in [0.15, 0.2) is 0 Å². The Bertz CT molecular complexity index is 215. The molecule has 2 saturated carbocycles. The standard InChI is InChI=1S/C14H25BrO/c1-12-4-3-8-14(10-12,11-15)16-9-7-13-5-2-6-13/h12-13H,2-11H2,1H3. The van der Waals surface area contributed by atoms with Crippen molar-refractivity contribution in [3.05, 3.63) is 0 Å². The molecule has 2 unspecified atom stereocenters. The Hall–Kier alpha value is 0.440. The van der Waals surface area contributed by atoms with E-state index in [4.69, 9.17) is 4.74 Å². The van der Waals surface area contributed by atoms with Crippen LogP contribution in [-0.2, 0) is 4.74 Å². The largest absolute Gasteiger partial charge is 0.374 e.